The van der Waals surface area contributed by atoms with Crippen LogP contribution in [0.2, 0.25) is 0 Å². The second-order valence-electron chi connectivity index (χ2n) is 5.35. The SMILES string of the molecule is CC1CCNC(CCc2cccc(OC(F)F)c2)C1. The van der Waals surface area contributed by atoms with Crippen LogP contribution in [-0.2, 0) is 6.42 Å². The Labute approximate surface area is 113 Å². The lowest BCUT2D eigenvalue weighted by Gasteiger charge is -2.28. The molecule has 4 heteroatoms. The van der Waals surface area contributed by atoms with Gasteiger partial charge in [0, 0.05) is 6.04 Å². The Morgan fingerprint density at radius 3 is 3.00 bits per heavy atom. The van der Waals surface area contributed by atoms with Crippen LogP contribution in [0, 0.1) is 5.92 Å². The first-order valence-electron chi connectivity index (χ1n) is 6.90. The zero-order chi connectivity index (χ0) is 13.7. The minimum absolute atomic E-state index is 0.248. The normalized spacial score (nSPS) is 23.6. The van der Waals surface area contributed by atoms with Crippen molar-refractivity contribution in [2.45, 2.75) is 45.3 Å². The van der Waals surface area contributed by atoms with Gasteiger partial charge in [0.15, 0.2) is 0 Å². The van der Waals surface area contributed by atoms with E-state index in [0.29, 0.717) is 6.04 Å². The van der Waals surface area contributed by atoms with Crippen LogP contribution in [-0.4, -0.2) is 19.2 Å². The third-order valence-electron chi connectivity index (χ3n) is 3.66. The third kappa shape index (κ3) is 4.78. The standard InChI is InChI=1S/C15H21F2NO/c1-11-7-8-18-13(9-11)6-5-12-3-2-4-14(10-12)19-15(16)17/h2-4,10-11,13,15,18H,5-9H2,1H3. The van der Waals surface area contributed by atoms with Gasteiger partial charge in [0.25, 0.3) is 0 Å². The molecule has 106 valence electrons. The third-order valence-corrected chi connectivity index (χ3v) is 3.66. The molecular weight excluding hydrogens is 248 g/mol. The van der Waals surface area contributed by atoms with E-state index in [1.165, 1.54) is 12.8 Å². The molecular formula is C15H21F2NO. The lowest BCUT2D eigenvalue weighted by atomic mass is 9.91. The molecule has 2 rings (SSSR count). The maximum absolute atomic E-state index is 12.1. The van der Waals surface area contributed by atoms with Gasteiger partial charge in [0.2, 0.25) is 0 Å². The van der Waals surface area contributed by atoms with Gasteiger partial charge in [0.1, 0.15) is 5.75 Å². The summed E-state index contributed by atoms with van der Waals surface area (Å²) in [4.78, 5) is 0. The lowest BCUT2D eigenvalue weighted by molar-refractivity contribution is -0.0498. The van der Waals surface area contributed by atoms with Crippen molar-refractivity contribution in [1.82, 2.24) is 5.32 Å². The molecule has 0 bridgehead atoms. The summed E-state index contributed by atoms with van der Waals surface area (Å²) in [5, 5.41) is 3.52. The number of piperidine rings is 1. The van der Waals surface area contributed by atoms with Crippen molar-refractivity contribution in [1.29, 1.82) is 0 Å². The molecule has 0 saturated carbocycles. The molecule has 2 nitrogen and oxygen atoms in total. The van der Waals surface area contributed by atoms with Crippen LogP contribution in [0.1, 0.15) is 31.7 Å². The number of nitrogens with one attached hydrogen (secondary N) is 1. The van der Waals surface area contributed by atoms with Gasteiger partial charge in [-0.15, -0.1) is 0 Å². The Balaban J connectivity index is 1.85. The van der Waals surface area contributed by atoms with Crippen LogP contribution in [0.3, 0.4) is 0 Å². The summed E-state index contributed by atoms with van der Waals surface area (Å²) in [7, 11) is 0. The Bertz CT molecular complexity index is 397. The Hall–Kier alpha value is -1.16. The molecule has 0 radical (unpaired) electrons. The summed E-state index contributed by atoms with van der Waals surface area (Å²) in [5.41, 5.74) is 1.05. The highest BCUT2D eigenvalue weighted by atomic mass is 19.3. The molecule has 1 aromatic rings. The number of halogens is 2. The molecule has 1 saturated heterocycles. The fourth-order valence-corrected chi connectivity index (χ4v) is 2.66. The molecule has 1 aromatic carbocycles. The van der Waals surface area contributed by atoms with Crippen LogP contribution >= 0.6 is 0 Å². The molecule has 0 aliphatic carbocycles. The van der Waals surface area contributed by atoms with Crippen molar-refractivity contribution in [3.05, 3.63) is 29.8 Å². The summed E-state index contributed by atoms with van der Waals surface area (Å²) >= 11 is 0. The topological polar surface area (TPSA) is 21.3 Å². The second-order valence-corrected chi connectivity index (χ2v) is 5.35. The van der Waals surface area contributed by atoms with E-state index in [9.17, 15) is 8.78 Å². The Kier molecular flexibility index (Phi) is 5.14. The van der Waals surface area contributed by atoms with Crippen LogP contribution in [0.5, 0.6) is 5.75 Å². The number of ether oxygens (including phenoxy) is 1. The highest BCUT2D eigenvalue weighted by Gasteiger charge is 2.17. The van der Waals surface area contributed by atoms with Crippen LogP contribution in [0.25, 0.3) is 0 Å². The Morgan fingerprint density at radius 2 is 2.26 bits per heavy atom. The molecule has 1 fully saturated rings. The van der Waals surface area contributed by atoms with E-state index in [0.717, 1.165) is 30.9 Å². The number of hydrogen-bond donors (Lipinski definition) is 1. The fraction of sp³-hybridized carbons (Fsp3) is 0.600. The van der Waals surface area contributed by atoms with Gasteiger partial charge in [-0.2, -0.15) is 8.78 Å². The molecule has 19 heavy (non-hydrogen) atoms. The number of rotatable bonds is 5. The monoisotopic (exact) mass is 269 g/mol. The molecule has 1 aliphatic heterocycles. The molecule has 1 N–H and O–H groups in total. The largest absolute Gasteiger partial charge is 0.435 e. The summed E-state index contributed by atoms with van der Waals surface area (Å²) in [5.74, 6) is 1.03. The predicted octanol–water partition coefficient (Wildman–Crippen LogP) is 3.61. The first-order valence-corrected chi connectivity index (χ1v) is 6.90. The molecule has 0 amide bonds. The van der Waals surface area contributed by atoms with E-state index >= 15 is 0 Å². The van der Waals surface area contributed by atoms with Crippen molar-refractivity contribution >= 4 is 0 Å². The van der Waals surface area contributed by atoms with Crippen molar-refractivity contribution in [3.63, 3.8) is 0 Å². The number of aryl methyl sites for hydroxylation is 1. The highest BCUT2D eigenvalue weighted by Crippen LogP contribution is 2.21. The Morgan fingerprint density at radius 1 is 1.42 bits per heavy atom. The summed E-state index contributed by atoms with van der Waals surface area (Å²) in [6, 6.07) is 7.55. The molecule has 1 aliphatic rings. The van der Waals surface area contributed by atoms with Crippen molar-refractivity contribution < 1.29 is 13.5 Å². The van der Waals surface area contributed by atoms with Crippen molar-refractivity contribution in [2.24, 2.45) is 5.92 Å². The zero-order valence-electron chi connectivity index (χ0n) is 11.2. The van der Waals surface area contributed by atoms with E-state index in [2.05, 4.69) is 17.0 Å². The summed E-state index contributed by atoms with van der Waals surface area (Å²) in [6.45, 7) is 0.613. The van der Waals surface area contributed by atoms with E-state index in [1.807, 2.05) is 6.07 Å². The van der Waals surface area contributed by atoms with Crippen molar-refractivity contribution in [3.8, 4) is 5.75 Å². The number of hydrogen-bond acceptors (Lipinski definition) is 2. The average Bonchev–Trinajstić information content (AvgIpc) is 2.36. The van der Waals surface area contributed by atoms with E-state index < -0.39 is 6.61 Å². The summed E-state index contributed by atoms with van der Waals surface area (Å²) < 4.78 is 28.7. The van der Waals surface area contributed by atoms with Gasteiger partial charge in [0.05, 0.1) is 0 Å². The number of benzene rings is 1. The summed E-state index contributed by atoms with van der Waals surface area (Å²) in [6.07, 6.45) is 4.38. The minimum atomic E-state index is -2.75. The average molecular weight is 269 g/mol. The van der Waals surface area contributed by atoms with Gasteiger partial charge in [-0.25, -0.2) is 0 Å². The van der Waals surface area contributed by atoms with Crippen LogP contribution in [0.4, 0.5) is 8.78 Å². The molecule has 2 unspecified atom stereocenters. The fourth-order valence-electron chi connectivity index (χ4n) is 2.66. The lowest BCUT2D eigenvalue weighted by Crippen LogP contribution is -2.37. The molecule has 0 aromatic heterocycles. The van der Waals surface area contributed by atoms with Gasteiger partial charge < -0.3 is 10.1 Å². The van der Waals surface area contributed by atoms with Gasteiger partial charge in [-0.3, -0.25) is 0 Å². The van der Waals surface area contributed by atoms with E-state index in [-0.39, 0.29) is 5.75 Å². The first kappa shape index (κ1) is 14.3. The van der Waals surface area contributed by atoms with Gasteiger partial charge >= 0.3 is 6.61 Å². The van der Waals surface area contributed by atoms with E-state index in [4.69, 9.17) is 0 Å². The second kappa shape index (κ2) is 6.85. The number of alkyl halides is 2. The first-order chi connectivity index (χ1) is 9.13. The maximum atomic E-state index is 12.1. The van der Waals surface area contributed by atoms with Gasteiger partial charge in [-0.1, -0.05) is 19.1 Å². The van der Waals surface area contributed by atoms with Crippen molar-refractivity contribution in [2.75, 3.05) is 6.54 Å². The predicted molar refractivity (Wildman–Crippen MR) is 71.6 cm³/mol. The minimum Gasteiger partial charge on any atom is -0.435 e. The maximum Gasteiger partial charge on any atom is 0.387 e. The molecule has 2 atom stereocenters. The molecule has 1 heterocycles. The van der Waals surface area contributed by atoms with E-state index in [1.54, 1.807) is 18.2 Å². The van der Waals surface area contributed by atoms with Crippen LogP contribution in [0.15, 0.2) is 24.3 Å². The molecule has 0 spiro atoms. The van der Waals surface area contributed by atoms with Gasteiger partial charge in [-0.05, 0) is 55.8 Å². The smallest absolute Gasteiger partial charge is 0.387 e. The quantitative estimate of drug-likeness (QED) is 0.881. The highest BCUT2D eigenvalue weighted by molar-refractivity contribution is 5.28. The zero-order valence-corrected chi connectivity index (χ0v) is 11.2. The van der Waals surface area contributed by atoms with Crippen LogP contribution < -0.4 is 10.1 Å².